The summed E-state index contributed by atoms with van der Waals surface area (Å²) in [5, 5.41) is 6.77. The van der Waals surface area contributed by atoms with Gasteiger partial charge in [0.15, 0.2) is 5.96 Å². The van der Waals surface area contributed by atoms with Crippen LogP contribution < -0.4 is 10.6 Å². The van der Waals surface area contributed by atoms with Gasteiger partial charge in [-0.2, -0.15) is 0 Å². The molecule has 0 saturated heterocycles. The fourth-order valence-electron chi connectivity index (χ4n) is 2.80. The summed E-state index contributed by atoms with van der Waals surface area (Å²) in [6.45, 7) is 4.87. The van der Waals surface area contributed by atoms with E-state index in [0.29, 0.717) is 0 Å². The van der Waals surface area contributed by atoms with Crippen molar-refractivity contribution >= 4 is 5.96 Å². The highest BCUT2D eigenvalue weighted by molar-refractivity contribution is 5.79. The molecule has 0 aliphatic heterocycles. The third-order valence-corrected chi connectivity index (χ3v) is 4.18. The molecule has 2 aliphatic carbocycles. The van der Waals surface area contributed by atoms with Crippen molar-refractivity contribution < 1.29 is 0 Å². The number of nitrogens with zero attached hydrogens (tertiary/aromatic N) is 1. The second-order valence-corrected chi connectivity index (χ2v) is 5.98. The first-order valence-corrected chi connectivity index (χ1v) is 7.98. The molecular weight excluding hydrogens is 246 g/mol. The first-order chi connectivity index (χ1) is 9.85. The van der Waals surface area contributed by atoms with Crippen LogP contribution in [0, 0.1) is 5.92 Å². The Hall–Kier alpha value is -1.51. The second kappa shape index (κ2) is 6.29. The lowest BCUT2D eigenvalue weighted by atomic mass is 10.1. The average molecular weight is 271 g/mol. The van der Waals surface area contributed by atoms with Gasteiger partial charge in [0, 0.05) is 13.1 Å². The van der Waals surface area contributed by atoms with Gasteiger partial charge in [-0.05, 0) is 61.6 Å². The summed E-state index contributed by atoms with van der Waals surface area (Å²) in [5.41, 5.74) is 4.40. The molecule has 0 bridgehead atoms. The fourth-order valence-corrected chi connectivity index (χ4v) is 2.80. The van der Waals surface area contributed by atoms with Gasteiger partial charge in [-0.15, -0.1) is 0 Å². The van der Waals surface area contributed by atoms with E-state index in [9.17, 15) is 0 Å². The van der Waals surface area contributed by atoms with Crippen molar-refractivity contribution in [2.75, 3.05) is 13.1 Å². The number of hydrogen-bond acceptors (Lipinski definition) is 1. The average Bonchev–Trinajstić information content (AvgIpc) is 3.17. The van der Waals surface area contributed by atoms with E-state index in [4.69, 9.17) is 4.99 Å². The third-order valence-electron chi connectivity index (χ3n) is 4.18. The van der Waals surface area contributed by atoms with Gasteiger partial charge >= 0.3 is 0 Å². The zero-order valence-corrected chi connectivity index (χ0v) is 12.4. The van der Waals surface area contributed by atoms with Gasteiger partial charge in [-0.3, -0.25) is 0 Å². The summed E-state index contributed by atoms with van der Waals surface area (Å²) in [5.74, 6) is 1.83. The van der Waals surface area contributed by atoms with Crippen molar-refractivity contribution in [3.05, 3.63) is 34.9 Å². The van der Waals surface area contributed by atoms with Crippen molar-refractivity contribution in [2.24, 2.45) is 10.9 Å². The highest BCUT2D eigenvalue weighted by atomic mass is 15.2. The van der Waals surface area contributed by atoms with E-state index < -0.39 is 0 Å². The van der Waals surface area contributed by atoms with Crippen LogP contribution in [-0.4, -0.2) is 19.0 Å². The first kappa shape index (κ1) is 13.5. The lowest BCUT2D eigenvalue weighted by molar-refractivity contribution is 0.739. The summed E-state index contributed by atoms with van der Waals surface area (Å²) in [4.78, 5) is 4.70. The Balaban J connectivity index is 1.60. The summed E-state index contributed by atoms with van der Waals surface area (Å²) in [7, 11) is 0. The molecule has 0 radical (unpaired) electrons. The van der Waals surface area contributed by atoms with E-state index in [1.54, 1.807) is 0 Å². The highest BCUT2D eigenvalue weighted by Gasteiger charge is 2.21. The van der Waals surface area contributed by atoms with E-state index in [1.807, 2.05) is 0 Å². The Morgan fingerprint density at radius 3 is 2.85 bits per heavy atom. The molecule has 1 aromatic carbocycles. The number of benzene rings is 1. The lowest BCUT2D eigenvalue weighted by Gasteiger charge is -2.11. The smallest absolute Gasteiger partial charge is 0.191 e. The third kappa shape index (κ3) is 3.53. The molecule has 3 heteroatoms. The van der Waals surface area contributed by atoms with Crippen LogP contribution in [0.5, 0.6) is 0 Å². The molecule has 1 fully saturated rings. The number of aryl methyl sites for hydroxylation is 2. The molecule has 0 unspecified atom stereocenters. The largest absolute Gasteiger partial charge is 0.357 e. The Bertz CT molecular complexity index is 489. The molecule has 0 heterocycles. The fraction of sp³-hybridized carbons (Fsp3) is 0.588. The van der Waals surface area contributed by atoms with E-state index in [-0.39, 0.29) is 0 Å². The Morgan fingerprint density at radius 2 is 2.05 bits per heavy atom. The number of fused-ring (bicyclic) bond motifs is 1. The molecule has 3 nitrogen and oxygen atoms in total. The van der Waals surface area contributed by atoms with Crippen LogP contribution in [0.1, 0.15) is 42.9 Å². The molecule has 0 amide bonds. The Kier molecular flexibility index (Phi) is 4.24. The van der Waals surface area contributed by atoms with Gasteiger partial charge in [-0.25, -0.2) is 4.99 Å². The maximum atomic E-state index is 4.70. The monoisotopic (exact) mass is 271 g/mol. The minimum Gasteiger partial charge on any atom is -0.357 e. The molecule has 108 valence electrons. The standard InChI is InChI=1S/C17H25N3/c1-2-18-17(19-11-13-6-7-13)20-12-14-8-9-15-4-3-5-16(15)10-14/h8-10,13H,2-7,11-12H2,1H3,(H2,18,19,20). The van der Waals surface area contributed by atoms with Crippen molar-refractivity contribution in [3.63, 3.8) is 0 Å². The molecule has 2 aliphatic rings. The molecule has 0 aromatic heterocycles. The molecule has 3 rings (SSSR count). The number of aliphatic imine (C=N–C) groups is 1. The minimum absolute atomic E-state index is 0.771. The number of nitrogens with one attached hydrogen (secondary N) is 2. The van der Waals surface area contributed by atoms with Gasteiger partial charge in [0.05, 0.1) is 6.54 Å². The van der Waals surface area contributed by atoms with Crippen LogP contribution in [0.3, 0.4) is 0 Å². The van der Waals surface area contributed by atoms with Crippen molar-refractivity contribution in [1.82, 2.24) is 10.6 Å². The molecule has 0 spiro atoms. The van der Waals surface area contributed by atoms with Gasteiger partial charge in [0.2, 0.25) is 0 Å². The zero-order valence-electron chi connectivity index (χ0n) is 12.4. The maximum Gasteiger partial charge on any atom is 0.191 e. The predicted octanol–water partition coefficient (Wildman–Crippen LogP) is 2.64. The van der Waals surface area contributed by atoms with E-state index in [0.717, 1.165) is 31.5 Å². The van der Waals surface area contributed by atoms with Gasteiger partial charge < -0.3 is 10.6 Å². The molecule has 2 N–H and O–H groups in total. The maximum absolute atomic E-state index is 4.70. The van der Waals surface area contributed by atoms with E-state index in [2.05, 4.69) is 35.8 Å². The minimum atomic E-state index is 0.771. The van der Waals surface area contributed by atoms with Crippen molar-refractivity contribution in [3.8, 4) is 0 Å². The SMILES string of the molecule is CCNC(=NCc1ccc2c(c1)CCC2)NCC1CC1. The molecule has 1 aromatic rings. The summed E-state index contributed by atoms with van der Waals surface area (Å²) in [6.07, 6.45) is 6.56. The van der Waals surface area contributed by atoms with Crippen LogP contribution in [0.4, 0.5) is 0 Å². The first-order valence-electron chi connectivity index (χ1n) is 7.98. The van der Waals surface area contributed by atoms with E-state index in [1.165, 1.54) is 48.8 Å². The lowest BCUT2D eigenvalue weighted by Crippen LogP contribution is -2.38. The quantitative estimate of drug-likeness (QED) is 0.638. The van der Waals surface area contributed by atoms with Crippen LogP contribution in [0.2, 0.25) is 0 Å². The van der Waals surface area contributed by atoms with Crippen LogP contribution in [0.15, 0.2) is 23.2 Å². The number of hydrogen-bond donors (Lipinski definition) is 2. The van der Waals surface area contributed by atoms with Crippen molar-refractivity contribution in [2.45, 2.75) is 45.6 Å². The molecule has 1 saturated carbocycles. The van der Waals surface area contributed by atoms with Gasteiger partial charge in [0.25, 0.3) is 0 Å². The Labute approximate surface area is 121 Å². The number of rotatable bonds is 5. The topological polar surface area (TPSA) is 36.4 Å². The summed E-state index contributed by atoms with van der Waals surface area (Å²) in [6, 6.07) is 6.87. The predicted molar refractivity (Wildman–Crippen MR) is 84.0 cm³/mol. The zero-order chi connectivity index (χ0) is 13.8. The van der Waals surface area contributed by atoms with Gasteiger partial charge in [-0.1, -0.05) is 18.2 Å². The van der Waals surface area contributed by atoms with Crippen molar-refractivity contribution in [1.29, 1.82) is 0 Å². The molecule has 0 atom stereocenters. The normalized spacial score (nSPS) is 17.9. The van der Waals surface area contributed by atoms with Crippen LogP contribution in [-0.2, 0) is 19.4 Å². The van der Waals surface area contributed by atoms with Crippen LogP contribution in [0.25, 0.3) is 0 Å². The number of guanidine groups is 1. The molecule has 20 heavy (non-hydrogen) atoms. The summed E-state index contributed by atoms with van der Waals surface area (Å²) >= 11 is 0. The highest BCUT2D eigenvalue weighted by Crippen LogP contribution is 2.27. The van der Waals surface area contributed by atoms with E-state index >= 15 is 0 Å². The molecular formula is C17H25N3. The summed E-state index contributed by atoms with van der Waals surface area (Å²) < 4.78 is 0. The Morgan fingerprint density at radius 1 is 1.20 bits per heavy atom. The second-order valence-electron chi connectivity index (χ2n) is 5.98. The van der Waals surface area contributed by atoms with Crippen LogP contribution >= 0.6 is 0 Å². The van der Waals surface area contributed by atoms with Gasteiger partial charge in [0.1, 0.15) is 0 Å².